The van der Waals surface area contributed by atoms with E-state index in [4.69, 9.17) is 5.73 Å². The van der Waals surface area contributed by atoms with Crippen molar-refractivity contribution < 1.29 is 34.8 Å². The third-order valence-corrected chi connectivity index (χ3v) is 10.1. The molecule has 4 atom stereocenters. The molecule has 2 aromatic carbocycles. The highest BCUT2D eigenvalue weighted by atomic mass is 16.3. The number of hydrogen-bond acceptors (Lipinski definition) is 9. The lowest BCUT2D eigenvalue weighted by atomic mass is 9.58. The summed E-state index contributed by atoms with van der Waals surface area (Å²) in [6, 6.07) is 8.82. The van der Waals surface area contributed by atoms with Crippen LogP contribution in [0.1, 0.15) is 53.6 Å². The standard InChI is InChI=1S/C35H39N3O7/c1-37(2)20-12-10-18(11-13-20)21-16-22(17-8-6-5-7-9-17)29(39)26-23(21)14-19-15-24-28(38(3)4)31(41)27(34(36)44)33(43)35(24,45)32(42)25(19)30(26)40/h8,10-13,16,19,24,28,39,41-42,45H,5-7,9,14-15H2,1-4H3,(H2,36,44)/t19-,24-,28?,35-/m0/s1. The first-order valence-electron chi connectivity index (χ1n) is 15.3. The average molecular weight is 614 g/mol. The summed E-state index contributed by atoms with van der Waals surface area (Å²) in [5.41, 5.74) is 6.57. The van der Waals surface area contributed by atoms with Gasteiger partial charge in [-0.1, -0.05) is 18.2 Å². The second-order valence-electron chi connectivity index (χ2n) is 13.1. The molecule has 0 spiro atoms. The summed E-state index contributed by atoms with van der Waals surface area (Å²) >= 11 is 0. The van der Waals surface area contributed by atoms with Gasteiger partial charge >= 0.3 is 0 Å². The van der Waals surface area contributed by atoms with E-state index in [1.54, 1.807) is 19.0 Å². The van der Waals surface area contributed by atoms with Crippen LogP contribution in [0.15, 0.2) is 59.1 Å². The number of rotatable bonds is 5. The van der Waals surface area contributed by atoms with Gasteiger partial charge in [0.25, 0.3) is 5.91 Å². The van der Waals surface area contributed by atoms with Gasteiger partial charge in [-0.05, 0) is 99.0 Å². The van der Waals surface area contributed by atoms with E-state index >= 15 is 0 Å². The number of aliphatic hydroxyl groups is 3. The third-order valence-electron chi connectivity index (χ3n) is 10.1. The van der Waals surface area contributed by atoms with E-state index in [0.29, 0.717) is 11.1 Å². The van der Waals surface area contributed by atoms with E-state index in [1.165, 1.54) is 0 Å². The van der Waals surface area contributed by atoms with Crippen LogP contribution in [0.3, 0.4) is 0 Å². The number of fused-ring (bicyclic) bond motifs is 3. The monoisotopic (exact) mass is 613 g/mol. The Morgan fingerprint density at radius 1 is 1.00 bits per heavy atom. The average Bonchev–Trinajstić information content (AvgIpc) is 2.99. The molecule has 10 heteroatoms. The summed E-state index contributed by atoms with van der Waals surface area (Å²) in [5.74, 6) is -6.53. The summed E-state index contributed by atoms with van der Waals surface area (Å²) in [6.07, 6.45) is 5.93. The van der Waals surface area contributed by atoms with Gasteiger partial charge in [0.1, 0.15) is 22.8 Å². The number of allylic oxidation sites excluding steroid dienone is 3. The minimum atomic E-state index is -2.67. The van der Waals surface area contributed by atoms with Gasteiger partial charge in [0.15, 0.2) is 11.4 Å². The molecule has 0 saturated carbocycles. The van der Waals surface area contributed by atoms with Crippen LogP contribution in [0.25, 0.3) is 16.7 Å². The van der Waals surface area contributed by atoms with Crippen molar-refractivity contribution in [3.05, 3.63) is 75.8 Å². The lowest BCUT2D eigenvalue weighted by Crippen LogP contribution is -2.63. The SMILES string of the molecule is CN(C)c1ccc(-c2cc(C3=CCCCC3)c(O)c3c2C[C@H]2C[C@H]4C(N(C)C)C(O)=C(C(N)=O)C(=O)[C@@]4(O)C(O)=C2C3=O)cc1. The van der Waals surface area contributed by atoms with Crippen molar-refractivity contribution in [2.24, 2.45) is 17.6 Å². The summed E-state index contributed by atoms with van der Waals surface area (Å²) in [5, 5.41) is 46.4. The molecule has 6 rings (SSSR count). The van der Waals surface area contributed by atoms with E-state index in [2.05, 4.69) is 6.08 Å². The minimum Gasteiger partial charge on any atom is -0.510 e. The number of amides is 1. The van der Waals surface area contributed by atoms with Crippen LogP contribution in [-0.4, -0.2) is 82.6 Å². The fourth-order valence-corrected chi connectivity index (χ4v) is 7.84. The molecule has 45 heavy (non-hydrogen) atoms. The number of nitrogens with zero attached hydrogens (tertiary/aromatic N) is 2. The molecule has 2 aromatic rings. The molecule has 4 aliphatic rings. The zero-order chi connectivity index (χ0) is 32.5. The molecule has 0 bridgehead atoms. The molecule has 10 nitrogen and oxygen atoms in total. The van der Waals surface area contributed by atoms with Crippen LogP contribution in [0.2, 0.25) is 0 Å². The molecule has 0 heterocycles. The molecule has 0 radical (unpaired) electrons. The number of Topliss-reactive ketones (excluding diaryl/α,β-unsaturated/α-hetero) is 2. The smallest absolute Gasteiger partial charge is 0.255 e. The van der Waals surface area contributed by atoms with Gasteiger partial charge in [0.2, 0.25) is 5.78 Å². The lowest BCUT2D eigenvalue weighted by Gasteiger charge is -2.50. The highest BCUT2D eigenvalue weighted by Gasteiger charge is 2.63. The summed E-state index contributed by atoms with van der Waals surface area (Å²) in [6.45, 7) is 0. The van der Waals surface area contributed by atoms with Crippen molar-refractivity contribution >= 4 is 28.7 Å². The quantitative estimate of drug-likeness (QED) is 0.315. The van der Waals surface area contributed by atoms with Crippen molar-refractivity contribution in [3.63, 3.8) is 0 Å². The fourth-order valence-electron chi connectivity index (χ4n) is 7.84. The minimum absolute atomic E-state index is 0.0337. The Hall–Kier alpha value is -4.41. The predicted octanol–water partition coefficient (Wildman–Crippen LogP) is 3.81. The van der Waals surface area contributed by atoms with Crippen LogP contribution < -0.4 is 10.6 Å². The summed E-state index contributed by atoms with van der Waals surface area (Å²) in [7, 11) is 7.13. The van der Waals surface area contributed by atoms with Gasteiger partial charge in [0, 0.05) is 36.8 Å². The molecular weight excluding hydrogens is 574 g/mol. The van der Waals surface area contributed by atoms with E-state index in [-0.39, 0.29) is 29.7 Å². The number of aliphatic hydroxyl groups excluding tert-OH is 2. The first-order chi connectivity index (χ1) is 21.3. The Morgan fingerprint density at radius 3 is 2.27 bits per heavy atom. The predicted molar refractivity (Wildman–Crippen MR) is 170 cm³/mol. The van der Waals surface area contributed by atoms with E-state index in [1.807, 2.05) is 49.3 Å². The number of phenols is 1. The maximum Gasteiger partial charge on any atom is 0.255 e. The fraction of sp³-hybridized carbons (Fsp3) is 0.400. The Kier molecular flexibility index (Phi) is 7.41. The topological polar surface area (TPSA) is 165 Å². The van der Waals surface area contributed by atoms with Crippen molar-refractivity contribution in [1.82, 2.24) is 4.90 Å². The largest absolute Gasteiger partial charge is 0.510 e. The normalized spacial score (nSPS) is 26.4. The number of ketones is 2. The molecule has 1 unspecified atom stereocenters. The number of likely N-dealkylation sites (N-methyl/N-ethyl adjacent to an activating group) is 1. The maximum atomic E-state index is 14.5. The molecule has 0 saturated heterocycles. The van der Waals surface area contributed by atoms with Crippen LogP contribution in [0.5, 0.6) is 5.75 Å². The van der Waals surface area contributed by atoms with Crippen LogP contribution >= 0.6 is 0 Å². The molecule has 4 aliphatic carbocycles. The van der Waals surface area contributed by atoms with Gasteiger partial charge in [-0.2, -0.15) is 0 Å². The van der Waals surface area contributed by atoms with E-state index < -0.39 is 58.0 Å². The maximum absolute atomic E-state index is 14.5. The van der Waals surface area contributed by atoms with Gasteiger partial charge in [-0.25, -0.2) is 0 Å². The first kappa shape index (κ1) is 30.6. The van der Waals surface area contributed by atoms with Gasteiger partial charge in [0.05, 0.1) is 11.6 Å². The van der Waals surface area contributed by atoms with Crippen LogP contribution in [0, 0.1) is 11.8 Å². The number of nitrogens with two attached hydrogens (primary N) is 1. The van der Waals surface area contributed by atoms with Crippen LogP contribution in [-0.2, 0) is 16.0 Å². The second-order valence-corrected chi connectivity index (χ2v) is 13.1. The number of anilines is 1. The number of carbonyl (C=O) groups is 3. The van der Waals surface area contributed by atoms with Gasteiger partial charge in [-0.3, -0.25) is 19.3 Å². The van der Waals surface area contributed by atoms with Crippen molar-refractivity contribution in [1.29, 1.82) is 0 Å². The van der Waals surface area contributed by atoms with Crippen LogP contribution in [0.4, 0.5) is 5.69 Å². The Bertz CT molecular complexity index is 1730. The number of aromatic hydroxyl groups is 1. The summed E-state index contributed by atoms with van der Waals surface area (Å²) < 4.78 is 0. The number of benzene rings is 2. The lowest BCUT2D eigenvalue weighted by molar-refractivity contribution is -0.148. The Labute approximate surface area is 261 Å². The number of primary amides is 1. The molecule has 0 aromatic heterocycles. The Balaban J connectivity index is 1.58. The summed E-state index contributed by atoms with van der Waals surface area (Å²) in [4.78, 5) is 43.9. The highest BCUT2D eigenvalue weighted by Crippen LogP contribution is 2.54. The van der Waals surface area contributed by atoms with E-state index in [0.717, 1.165) is 48.1 Å². The number of hydrogen-bond donors (Lipinski definition) is 5. The number of carbonyl (C=O) groups excluding carboxylic acids is 3. The molecule has 1 amide bonds. The van der Waals surface area contributed by atoms with Gasteiger partial charge in [-0.15, -0.1) is 0 Å². The molecule has 0 aliphatic heterocycles. The third kappa shape index (κ3) is 4.49. The zero-order valence-corrected chi connectivity index (χ0v) is 25.9. The van der Waals surface area contributed by atoms with E-state index in [9.17, 15) is 34.8 Å². The highest BCUT2D eigenvalue weighted by molar-refractivity contribution is 6.25. The zero-order valence-electron chi connectivity index (χ0n) is 25.9. The first-order valence-corrected chi connectivity index (χ1v) is 15.3. The molecule has 236 valence electrons. The van der Waals surface area contributed by atoms with Crippen molar-refractivity contribution in [2.45, 2.75) is 50.2 Å². The Morgan fingerprint density at radius 2 is 1.69 bits per heavy atom. The van der Waals surface area contributed by atoms with Gasteiger partial charge < -0.3 is 31.1 Å². The van der Waals surface area contributed by atoms with Crippen molar-refractivity contribution in [2.75, 3.05) is 33.1 Å². The second kappa shape index (κ2) is 10.9. The van der Waals surface area contributed by atoms with Crippen molar-refractivity contribution in [3.8, 4) is 16.9 Å². The molecule has 0 fully saturated rings. The molecular formula is C35H39N3O7. The molecule has 6 N–H and O–H groups in total. The number of phenolic OH excluding ortho intramolecular Hbond substituents is 1.